The van der Waals surface area contributed by atoms with Gasteiger partial charge >= 0.3 is 0 Å². The summed E-state index contributed by atoms with van der Waals surface area (Å²) in [7, 11) is 0. The number of halogens is 1. The molecule has 25 heavy (non-hydrogen) atoms. The Labute approximate surface area is 147 Å². The topological polar surface area (TPSA) is 100 Å². The second kappa shape index (κ2) is 9.85. The highest BCUT2D eigenvalue weighted by atomic mass is 19.1. The molecule has 1 aromatic heterocycles. The van der Waals surface area contributed by atoms with Crippen molar-refractivity contribution in [3.63, 3.8) is 0 Å². The number of nitrogen functional groups attached to an aromatic ring is 1. The molecule has 0 saturated heterocycles. The Bertz CT molecular complexity index is 652. The van der Waals surface area contributed by atoms with E-state index < -0.39 is 0 Å². The first-order chi connectivity index (χ1) is 12.1. The number of nitrogens with one attached hydrogen (secondary N) is 1. The van der Waals surface area contributed by atoms with Crippen molar-refractivity contribution in [2.24, 2.45) is 0 Å². The molecule has 0 amide bonds. The van der Waals surface area contributed by atoms with E-state index in [2.05, 4.69) is 32.1 Å². The predicted octanol–water partition coefficient (Wildman–Crippen LogP) is 2.32. The Balaban J connectivity index is 2.06. The molecule has 8 heteroatoms. The van der Waals surface area contributed by atoms with Crippen LogP contribution in [0, 0.1) is 5.82 Å². The highest BCUT2D eigenvalue weighted by Gasteiger charge is 2.10. The van der Waals surface area contributed by atoms with E-state index in [-0.39, 0.29) is 18.4 Å². The number of aliphatic hydroxyl groups is 1. The highest BCUT2D eigenvalue weighted by Crippen LogP contribution is 2.14. The van der Waals surface area contributed by atoms with Crippen LogP contribution in [0.5, 0.6) is 0 Å². The molecule has 0 saturated carbocycles. The number of hydrogen-bond donors (Lipinski definition) is 3. The first-order valence-corrected chi connectivity index (χ1v) is 8.47. The Morgan fingerprint density at radius 2 is 1.88 bits per heavy atom. The number of aliphatic hydroxyl groups excluding tert-OH is 1. The lowest BCUT2D eigenvalue weighted by molar-refractivity contribution is 0.184. The van der Waals surface area contributed by atoms with E-state index >= 15 is 0 Å². The Morgan fingerprint density at radius 3 is 2.56 bits per heavy atom. The van der Waals surface area contributed by atoms with Crippen LogP contribution < -0.4 is 11.1 Å². The summed E-state index contributed by atoms with van der Waals surface area (Å²) in [5.74, 6) is 0.647. The summed E-state index contributed by atoms with van der Waals surface area (Å²) in [6.45, 7) is 4.12. The minimum absolute atomic E-state index is 0.0768. The molecule has 0 radical (unpaired) electrons. The van der Waals surface area contributed by atoms with Crippen LogP contribution in [0.3, 0.4) is 0 Å². The monoisotopic (exact) mass is 348 g/mol. The van der Waals surface area contributed by atoms with Gasteiger partial charge in [-0.1, -0.05) is 19.8 Å². The minimum atomic E-state index is -0.312. The smallest absolute Gasteiger partial charge is 0.232 e. The van der Waals surface area contributed by atoms with E-state index in [0.717, 1.165) is 25.8 Å². The van der Waals surface area contributed by atoms with Gasteiger partial charge in [-0.05, 0) is 37.2 Å². The molecule has 0 aliphatic rings. The SMILES string of the molecule is CCCCCN(CCO)Cc1nc(N)nc(Nc2ccc(F)cc2)n1. The summed E-state index contributed by atoms with van der Waals surface area (Å²) in [5, 5.41) is 12.2. The van der Waals surface area contributed by atoms with Crippen LogP contribution in [0.2, 0.25) is 0 Å². The van der Waals surface area contributed by atoms with Crippen LogP contribution in [0.1, 0.15) is 32.0 Å². The first kappa shape index (κ1) is 19.0. The number of benzene rings is 1. The van der Waals surface area contributed by atoms with Gasteiger partial charge < -0.3 is 16.2 Å². The van der Waals surface area contributed by atoms with Crippen LogP contribution in [-0.4, -0.2) is 44.7 Å². The second-order valence-corrected chi connectivity index (χ2v) is 5.77. The maximum atomic E-state index is 13.0. The van der Waals surface area contributed by atoms with Gasteiger partial charge in [-0.3, -0.25) is 4.90 Å². The average molecular weight is 348 g/mol. The van der Waals surface area contributed by atoms with E-state index in [1.165, 1.54) is 12.1 Å². The Morgan fingerprint density at radius 1 is 1.12 bits per heavy atom. The number of nitrogens with zero attached hydrogens (tertiary/aromatic N) is 4. The van der Waals surface area contributed by atoms with Gasteiger partial charge in [-0.15, -0.1) is 0 Å². The van der Waals surface area contributed by atoms with Crippen LogP contribution in [0.4, 0.5) is 22.0 Å². The third-order valence-electron chi connectivity index (χ3n) is 3.66. The Kier molecular flexibility index (Phi) is 7.49. The molecule has 2 aromatic rings. The number of rotatable bonds is 10. The summed E-state index contributed by atoms with van der Waals surface area (Å²) < 4.78 is 13.0. The molecule has 1 heterocycles. The molecule has 1 aromatic carbocycles. The van der Waals surface area contributed by atoms with Gasteiger partial charge in [-0.2, -0.15) is 15.0 Å². The minimum Gasteiger partial charge on any atom is -0.395 e. The number of aromatic nitrogens is 3. The molecule has 0 spiro atoms. The van der Waals surface area contributed by atoms with Crippen LogP contribution in [-0.2, 0) is 6.54 Å². The lowest BCUT2D eigenvalue weighted by Gasteiger charge is -2.20. The normalized spacial score (nSPS) is 11.0. The molecule has 2 rings (SSSR count). The van der Waals surface area contributed by atoms with Gasteiger partial charge in [0.15, 0.2) is 0 Å². The molecular formula is C17H25FN6O. The molecule has 7 nitrogen and oxygen atoms in total. The first-order valence-electron chi connectivity index (χ1n) is 8.47. The summed E-state index contributed by atoms with van der Waals surface area (Å²) >= 11 is 0. The largest absolute Gasteiger partial charge is 0.395 e. The molecule has 0 aliphatic heterocycles. The van der Waals surface area contributed by atoms with Gasteiger partial charge in [0.05, 0.1) is 13.2 Å². The van der Waals surface area contributed by atoms with Crippen LogP contribution in [0.15, 0.2) is 24.3 Å². The third kappa shape index (κ3) is 6.60. The quantitative estimate of drug-likeness (QED) is 0.567. The summed E-state index contributed by atoms with van der Waals surface area (Å²) in [4.78, 5) is 14.7. The zero-order valence-corrected chi connectivity index (χ0v) is 14.5. The fraction of sp³-hybridized carbons (Fsp3) is 0.471. The molecular weight excluding hydrogens is 323 g/mol. The number of nitrogens with two attached hydrogens (primary N) is 1. The fourth-order valence-electron chi connectivity index (χ4n) is 2.42. The maximum absolute atomic E-state index is 13.0. The molecule has 0 fully saturated rings. The van der Waals surface area contributed by atoms with Gasteiger partial charge in [0.25, 0.3) is 0 Å². The van der Waals surface area contributed by atoms with Gasteiger partial charge in [0.2, 0.25) is 11.9 Å². The standard InChI is InChI=1S/C17H25FN6O/c1-2-3-4-9-24(10-11-25)12-15-21-16(19)23-17(22-15)20-14-7-5-13(18)6-8-14/h5-8,25H,2-4,9-12H2,1H3,(H3,19,20,21,22,23). The lowest BCUT2D eigenvalue weighted by atomic mass is 10.2. The molecule has 0 atom stereocenters. The second-order valence-electron chi connectivity index (χ2n) is 5.77. The number of unbranched alkanes of at least 4 members (excludes halogenated alkanes) is 2. The number of hydrogen-bond acceptors (Lipinski definition) is 7. The van der Waals surface area contributed by atoms with Crippen molar-refractivity contribution < 1.29 is 9.50 Å². The summed E-state index contributed by atoms with van der Waals surface area (Å²) in [6.07, 6.45) is 3.33. The summed E-state index contributed by atoms with van der Waals surface area (Å²) in [5.41, 5.74) is 6.44. The molecule has 0 unspecified atom stereocenters. The van der Waals surface area contributed by atoms with Crippen molar-refractivity contribution in [2.45, 2.75) is 32.7 Å². The van der Waals surface area contributed by atoms with Crippen molar-refractivity contribution in [1.82, 2.24) is 19.9 Å². The molecule has 0 bridgehead atoms. The molecule has 136 valence electrons. The Hall–Kier alpha value is -2.32. The van der Waals surface area contributed by atoms with Gasteiger partial charge in [-0.25, -0.2) is 4.39 Å². The lowest BCUT2D eigenvalue weighted by Crippen LogP contribution is -2.29. The molecule has 4 N–H and O–H groups in total. The van der Waals surface area contributed by atoms with E-state index in [9.17, 15) is 9.50 Å². The maximum Gasteiger partial charge on any atom is 0.232 e. The predicted molar refractivity (Wildman–Crippen MR) is 95.8 cm³/mol. The average Bonchev–Trinajstić information content (AvgIpc) is 2.57. The zero-order valence-electron chi connectivity index (χ0n) is 14.5. The van der Waals surface area contributed by atoms with Crippen LogP contribution >= 0.6 is 0 Å². The van der Waals surface area contributed by atoms with E-state index in [1.54, 1.807) is 12.1 Å². The fourth-order valence-corrected chi connectivity index (χ4v) is 2.42. The third-order valence-corrected chi connectivity index (χ3v) is 3.66. The van der Waals surface area contributed by atoms with Gasteiger partial charge in [0.1, 0.15) is 11.6 Å². The van der Waals surface area contributed by atoms with E-state index in [1.807, 2.05) is 0 Å². The van der Waals surface area contributed by atoms with Crippen molar-refractivity contribution in [3.05, 3.63) is 35.9 Å². The highest BCUT2D eigenvalue weighted by molar-refractivity contribution is 5.53. The van der Waals surface area contributed by atoms with Crippen molar-refractivity contribution in [3.8, 4) is 0 Å². The van der Waals surface area contributed by atoms with Crippen molar-refractivity contribution >= 4 is 17.6 Å². The van der Waals surface area contributed by atoms with Gasteiger partial charge in [0, 0.05) is 12.2 Å². The van der Waals surface area contributed by atoms with Crippen molar-refractivity contribution in [1.29, 1.82) is 0 Å². The van der Waals surface area contributed by atoms with Crippen LogP contribution in [0.25, 0.3) is 0 Å². The zero-order chi connectivity index (χ0) is 18.1. The van der Waals surface area contributed by atoms with E-state index in [0.29, 0.717) is 30.5 Å². The summed E-state index contributed by atoms with van der Waals surface area (Å²) in [6, 6.07) is 5.89. The van der Waals surface area contributed by atoms with E-state index in [4.69, 9.17) is 5.73 Å². The number of anilines is 3. The van der Waals surface area contributed by atoms with Crippen molar-refractivity contribution in [2.75, 3.05) is 30.7 Å². The molecule has 0 aliphatic carbocycles.